The first-order valence-corrected chi connectivity index (χ1v) is 10.2. The van der Waals surface area contributed by atoms with Gasteiger partial charge in [-0.15, -0.1) is 0 Å². The molecule has 1 aliphatic heterocycles. The fraction of sp³-hybridized carbons (Fsp3) is 0.320. The van der Waals surface area contributed by atoms with E-state index in [1.54, 1.807) is 38.3 Å². The molecule has 0 spiro atoms. The number of hydrogen-bond donors (Lipinski definition) is 1. The van der Waals surface area contributed by atoms with Gasteiger partial charge in [0.2, 0.25) is 0 Å². The van der Waals surface area contributed by atoms with E-state index >= 15 is 0 Å². The van der Waals surface area contributed by atoms with Gasteiger partial charge in [0, 0.05) is 29.3 Å². The summed E-state index contributed by atoms with van der Waals surface area (Å²) in [5, 5.41) is 9.71. The van der Waals surface area contributed by atoms with Gasteiger partial charge in [-0.05, 0) is 54.7 Å². The van der Waals surface area contributed by atoms with Crippen molar-refractivity contribution in [2.45, 2.75) is 31.6 Å². The summed E-state index contributed by atoms with van der Waals surface area (Å²) in [6, 6.07) is 14.4. The summed E-state index contributed by atoms with van der Waals surface area (Å²) >= 11 is 0. The van der Waals surface area contributed by atoms with Crippen LogP contribution in [0.2, 0.25) is 0 Å². The molecule has 0 bridgehead atoms. The van der Waals surface area contributed by atoms with Crippen molar-refractivity contribution in [3.63, 3.8) is 0 Å². The van der Waals surface area contributed by atoms with Gasteiger partial charge >= 0.3 is 5.97 Å². The quantitative estimate of drug-likeness (QED) is 0.753. The number of allylic oxidation sites excluding steroid dienone is 2. The summed E-state index contributed by atoms with van der Waals surface area (Å²) in [6.07, 6.45) is 0.968. The molecule has 1 aliphatic carbocycles. The normalized spacial score (nSPS) is 23.1. The number of aliphatic imine (C=N–C) groups is 1. The van der Waals surface area contributed by atoms with Crippen molar-refractivity contribution in [1.29, 1.82) is 0 Å². The first-order valence-electron chi connectivity index (χ1n) is 10.2. The number of esters is 1. The minimum Gasteiger partial charge on any atom is -0.508 e. The van der Waals surface area contributed by atoms with E-state index < -0.39 is 17.8 Å². The molecule has 0 saturated carbocycles. The second-order valence-corrected chi connectivity index (χ2v) is 7.99. The van der Waals surface area contributed by atoms with E-state index in [9.17, 15) is 14.7 Å². The lowest BCUT2D eigenvalue weighted by molar-refractivity contribution is -0.143. The minimum atomic E-state index is -0.672. The molecule has 0 amide bonds. The number of methoxy groups -OCH3 is 2. The Morgan fingerprint density at radius 2 is 1.65 bits per heavy atom. The Balaban J connectivity index is 1.77. The van der Waals surface area contributed by atoms with E-state index in [0.29, 0.717) is 24.1 Å². The number of ketones is 1. The van der Waals surface area contributed by atoms with Crippen molar-refractivity contribution in [3.8, 4) is 11.5 Å². The van der Waals surface area contributed by atoms with Crippen LogP contribution in [0.15, 0.2) is 64.8 Å². The Morgan fingerprint density at radius 3 is 2.26 bits per heavy atom. The fourth-order valence-electron chi connectivity index (χ4n) is 4.65. The molecule has 160 valence electrons. The molecule has 0 aromatic heterocycles. The van der Waals surface area contributed by atoms with E-state index in [0.717, 1.165) is 22.6 Å². The molecule has 1 N–H and O–H groups in total. The van der Waals surface area contributed by atoms with E-state index in [1.165, 1.54) is 7.11 Å². The van der Waals surface area contributed by atoms with Crippen LogP contribution in [0.25, 0.3) is 0 Å². The molecular formula is C25H25NO5. The lowest BCUT2D eigenvalue weighted by atomic mass is 9.69. The van der Waals surface area contributed by atoms with Crippen LogP contribution in [0.5, 0.6) is 11.5 Å². The number of phenols is 1. The van der Waals surface area contributed by atoms with Gasteiger partial charge in [-0.2, -0.15) is 0 Å². The SMILES string of the molecule is COC(=O)C1C(C)=NC2=C(C(=O)C[C@H](c3ccc(OC)cc3)C2)[C@H]1c1ccc(O)cc1. The minimum absolute atomic E-state index is 0.00899. The van der Waals surface area contributed by atoms with Gasteiger partial charge in [0.15, 0.2) is 5.78 Å². The number of nitrogens with zero attached hydrogens (tertiary/aromatic N) is 1. The molecule has 3 atom stereocenters. The molecule has 0 radical (unpaired) electrons. The maximum absolute atomic E-state index is 13.4. The van der Waals surface area contributed by atoms with Gasteiger partial charge in [-0.3, -0.25) is 14.6 Å². The first kappa shape index (κ1) is 20.8. The highest BCUT2D eigenvalue weighted by molar-refractivity contribution is 6.09. The highest BCUT2D eigenvalue weighted by Gasteiger charge is 2.44. The van der Waals surface area contributed by atoms with Crippen LogP contribution in [-0.2, 0) is 14.3 Å². The average Bonchev–Trinajstić information content (AvgIpc) is 2.78. The molecule has 0 fully saturated rings. The summed E-state index contributed by atoms with van der Waals surface area (Å²) in [5.41, 5.74) is 3.78. The molecule has 2 aromatic carbocycles. The zero-order valence-electron chi connectivity index (χ0n) is 17.8. The number of aromatic hydroxyl groups is 1. The van der Waals surface area contributed by atoms with Crippen molar-refractivity contribution in [3.05, 3.63) is 70.9 Å². The molecule has 31 heavy (non-hydrogen) atoms. The topological polar surface area (TPSA) is 85.2 Å². The van der Waals surface area contributed by atoms with Crippen LogP contribution >= 0.6 is 0 Å². The predicted octanol–water partition coefficient (Wildman–Crippen LogP) is 4.15. The molecule has 4 rings (SSSR count). The number of benzene rings is 2. The van der Waals surface area contributed by atoms with Gasteiger partial charge in [-0.1, -0.05) is 24.3 Å². The highest BCUT2D eigenvalue weighted by atomic mass is 16.5. The van der Waals surface area contributed by atoms with Crippen LogP contribution < -0.4 is 4.74 Å². The van der Waals surface area contributed by atoms with Gasteiger partial charge in [0.25, 0.3) is 0 Å². The van der Waals surface area contributed by atoms with Crippen molar-refractivity contribution >= 4 is 17.5 Å². The Kier molecular flexibility index (Phi) is 5.63. The summed E-state index contributed by atoms with van der Waals surface area (Å²) in [7, 11) is 2.97. The number of carbonyl (C=O) groups is 2. The molecule has 6 heteroatoms. The molecule has 1 heterocycles. The van der Waals surface area contributed by atoms with E-state index in [-0.39, 0.29) is 17.5 Å². The summed E-state index contributed by atoms with van der Waals surface area (Å²) in [5.74, 6) is -0.668. The average molecular weight is 419 g/mol. The van der Waals surface area contributed by atoms with Gasteiger partial charge in [0.05, 0.1) is 14.2 Å². The van der Waals surface area contributed by atoms with Crippen molar-refractivity contribution in [2.75, 3.05) is 14.2 Å². The van der Waals surface area contributed by atoms with E-state index in [4.69, 9.17) is 14.5 Å². The molecule has 2 aromatic rings. The largest absolute Gasteiger partial charge is 0.508 e. The monoisotopic (exact) mass is 419 g/mol. The molecular weight excluding hydrogens is 394 g/mol. The zero-order valence-corrected chi connectivity index (χ0v) is 17.8. The Bertz CT molecular complexity index is 1070. The fourth-order valence-corrected chi connectivity index (χ4v) is 4.65. The predicted molar refractivity (Wildman–Crippen MR) is 116 cm³/mol. The van der Waals surface area contributed by atoms with Crippen LogP contribution in [0.4, 0.5) is 0 Å². The van der Waals surface area contributed by atoms with E-state index in [1.807, 2.05) is 24.3 Å². The summed E-state index contributed by atoms with van der Waals surface area (Å²) < 4.78 is 10.3. The second kappa shape index (κ2) is 8.38. The molecule has 2 aliphatic rings. The third-order valence-electron chi connectivity index (χ3n) is 6.18. The Hall–Kier alpha value is -3.41. The standard InChI is InChI=1S/C25H25NO5/c1-14-22(25(29)31-3)23(16-4-8-18(27)9-5-16)24-20(26-14)12-17(13-21(24)28)15-6-10-19(30-2)11-7-15/h4-11,17,22-23,27H,12-13H2,1-3H3/t17-,22?,23+/m1/s1. The van der Waals surface area contributed by atoms with Crippen LogP contribution in [0, 0.1) is 5.92 Å². The lowest BCUT2D eigenvalue weighted by Crippen LogP contribution is -2.37. The van der Waals surface area contributed by atoms with Crippen LogP contribution in [0.1, 0.15) is 42.7 Å². The number of hydrogen-bond acceptors (Lipinski definition) is 6. The van der Waals surface area contributed by atoms with Crippen molar-refractivity contribution in [2.24, 2.45) is 10.9 Å². The molecule has 1 unspecified atom stereocenters. The third-order valence-corrected chi connectivity index (χ3v) is 6.18. The smallest absolute Gasteiger partial charge is 0.315 e. The lowest BCUT2D eigenvalue weighted by Gasteiger charge is -2.36. The van der Waals surface area contributed by atoms with Crippen LogP contribution in [-0.4, -0.2) is 36.8 Å². The zero-order chi connectivity index (χ0) is 22.1. The van der Waals surface area contributed by atoms with Crippen molar-refractivity contribution < 1.29 is 24.2 Å². The summed E-state index contributed by atoms with van der Waals surface area (Å²) in [6.45, 7) is 1.81. The number of rotatable bonds is 4. The second-order valence-electron chi connectivity index (χ2n) is 7.99. The van der Waals surface area contributed by atoms with Gasteiger partial charge in [0.1, 0.15) is 17.4 Å². The van der Waals surface area contributed by atoms with Gasteiger partial charge in [-0.25, -0.2) is 0 Å². The Labute approximate surface area is 181 Å². The number of phenolic OH excluding ortho intramolecular Hbond substituents is 1. The number of carbonyl (C=O) groups excluding carboxylic acids is 2. The van der Waals surface area contributed by atoms with Crippen molar-refractivity contribution in [1.82, 2.24) is 0 Å². The van der Waals surface area contributed by atoms with Gasteiger partial charge < -0.3 is 14.6 Å². The highest BCUT2D eigenvalue weighted by Crippen LogP contribution is 2.47. The Morgan fingerprint density at radius 1 is 1.00 bits per heavy atom. The third kappa shape index (κ3) is 3.85. The van der Waals surface area contributed by atoms with E-state index in [2.05, 4.69) is 0 Å². The molecule has 0 saturated heterocycles. The maximum atomic E-state index is 13.4. The first-order chi connectivity index (χ1) is 14.9. The maximum Gasteiger partial charge on any atom is 0.315 e. The number of ether oxygens (including phenoxy) is 2. The molecule has 6 nitrogen and oxygen atoms in total. The number of Topliss-reactive ketones (excluding diaryl/α,β-unsaturated/α-hetero) is 1. The van der Waals surface area contributed by atoms with Crippen LogP contribution in [0.3, 0.4) is 0 Å². The summed E-state index contributed by atoms with van der Waals surface area (Å²) in [4.78, 5) is 30.8.